The Hall–Kier alpha value is -1.30. The third kappa shape index (κ3) is 5.04. The molecule has 0 saturated heterocycles. The first kappa shape index (κ1) is 13.8. The zero-order valence-electron chi connectivity index (χ0n) is 8.83. The van der Waals surface area contributed by atoms with E-state index < -0.39 is 6.36 Å². The van der Waals surface area contributed by atoms with E-state index in [1.165, 1.54) is 18.2 Å². The van der Waals surface area contributed by atoms with Crippen molar-refractivity contribution in [3.63, 3.8) is 0 Å². The van der Waals surface area contributed by atoms with E-state index in [1.807, 2.05) is 0 Å². The topological polar surface area (TPSA) is 18.5 Å². The molecular weight excluding hydrogens is 253 g/mol. The number of alkyl halides is 3. The first-order valence-electron chi connectivity index (χ1n) is 4.67. The summed E-state index contributed by atoms with van der Waals surface area (Å²) in [7, 11) is 0. The second-order valence-corrected chi connectivity index (χ2v) is 3.51. The van der Waals surface area contributed by atoms with Crippen molar-refractivity contribution >= 4 is 12.6 Å². The molecule has 0 N–H and O–H groups in total. The summed E-state index contributed by atoms with van der Waals surface area (Å²) in [6, 6.07) is 5.57. The third-order valence-electron chi connectivity index (χ3n) is 1.73. The molecular formula is C11H11F3O2S. The molecule has 17 heavy (non-hydrogen) atoms. The summed E-state index contributed by atoms with van der Waals surface area (Å²) in [6.07, 6.45) is -4.74. The minimum absolute atomic E-state index is 0.0211. The van der Waals surface area contributed by atoms with Crippen LogP contribution >= 0.6 is 12.6 Å². The fourth-order valence-electron chi connectivity index (χ4n) is 1.00. The average molecular weight is 264 g/mol. The van der Waals surface area contributed by atoms with Crippen molar-refractivity contribution in [2.75, 3.05) is 12.4 Å². The summed E-state index contributed by atoms with van der Waals surface area (Å²) in [6.45, 7) is 3.73. The SMILES string of the molecule is C=C(CS)COc1ccccc1OC(F)(F)F. The number of hydrogen-bond acceptors (Lipinski definition) is 3. The zero-order valence-corrected chi connectivity index (χ0v) is 9.72. The maximum Gasteiger partial charge on any atom is 0.573 e. The van der Waals surface area contributed by atoms with Gasteiger partial charge in [0.05, 0.1) is 0 Å². The predicted octanol–water partition coefficient (Wildman–Crippen LogP) is 3.45. The lowest BCUT2D eigenvalue weighted by Gasteiger charge is -2.14. The van der Waals surface area contributed by atoms with Crippen LogP contribution in [0.25, 0.3) is 0 Å². The largest absolute Gasteiger partial charge is 0.573 e. The molecule has 94 valence electrons. The van der Waals surface area contributed by atoms with Crippen LogP contribution in [0.15, 0.2) is 36.4 Å². The van der Waals surface area contributed by atoms with Crippen LogP contribution in [0, 0.1) is 0 Å². The zero-order chi connectivity index (χ0) is 12.9. The number of hydrogen-bond donors (Lipinski definition) is 1. The number of ether oxygens (including phenoxy) is 2. The predicted molar refractivity (Wildman–Crippen MR) is 61.6 cm³/mol. The highest BCUT2D eigenvalue weighted by Crippen LogP contribution is 2.31. The summed E-state index contributed by atoms with van der Waals surface area (Å²) in [5.74, 6) is 0.0576. The van der Waals surface area contributed by atoms with Crippen LogP contribution in [0.2, 0.25) is 0 Å². The third-order valence-corrected chi connectivity index (χ3v) is 2.18. The van der Waals surface area contributed by atoms with Gasteiger partial charge in [-0.1, -0.05) is 18.7 Å². The molecule has 0 unspecified atom stereocenters. The first-order valence-corrected chi connectivity index (χ1v) is 5.30. The molecule has 0 aliphatic heterocycles. The summed E-state index contributed by atoms with van der Waals surface area (Å²) in [5, 5.41) is 0. The number of halogens is 3. The van der Waals surface area contributed by atoms with E-state index in [1.54, 1.807) is 6.07 Å². The lowest BCUT2D eigenvalue weighted by Crippen LogP contribution is -2.18. The monoisotopic (exact) mass is 264 g/mol. The minimum atomic E-state index is -4.74. The van der Waals surface area contributed by atoms with Gasteiger partial charge < -0.3 is 9.47 Å². The second-order valence-electron chi connectivity index (χ2n) is 3.19. The van der Waals surface area contributed by atoms with E-state index in [2.05, 4.69) is 23.9 Å². The second kappa shape index (κ2) is 5.86. The Morgan fingerprint density at radius 3 is 2.35 bits per heavy atom. The van der Waals surface area contributed by atoms with Gasteiger partial charge in [-0.25, -0.2) is 0 Å². The van der Waals surface area contributed by atoms with Gasteiger partial charge in [0.2, 0.25) is 0 Å². The molecule has 0 bridgehead atoms. The standard InChI is InChI=1S/C11H11F3O2S/c1-8(7-17)6-15-9-4-2-3-5-10(9)16-11(12,13)14/h2-5,17H,1,6-7H2. The molecule has 0 radical (unpaired) electrons. The Morgan fingerprint density at radius 1 is 1.24 bits per heavy atom. The van der Waals surface area contributed by atoms with Gasteiger partial charge in [0.25, 0.3) is 0 Å². The summed E-state index contributed by atoms with van der Waals surface area (Å²) in [5.41, 5.74) is 0.662. The highest BCUT2D eigenvalue weighted by atomic mass is 32.1. The van der Waals surface area contributed by atoms with E-state index in [4.69, 9.17) is 4.74 Å². The van der Waals surface area contributed by atoms with E-state index >= 15 is 0 Å². The van der Waals surface area contributed by atoms with Gasteiger partial charge in [-0.2, -0.15) is 12.6 Å². The van der Waals surface area contributed by atoms with Crippen LogP contribution in [-0.2, 0) is 0 Å². The van der Waals surface area contributed by atoms with E-state index in [-0.39, 0.29) is 18.1 Å². The fraction of sp³-hybridized carbons (Fsp3) is 0.273. The number of para-hydroxylation sites is 2. The average Bonchev–Trinajstić information content (AvgIpc) is 2.25. The summed E-state index contributed by atoms with van der Waals surface area (Å²) >= 11 is 3.97. The molecule has 0 saturated carbocycles. The van der Waals surface area contributed by atoms with Crippen LogP contribution in [0.3, 0.4) is 0 Å². The van der Waals surface area contributed by atoms with Gasteiger partial charge in [0, 0.05) is 5.75 Å². The van der Waals surface area contributed by atoms with Crippen LogP contribution in [0.1, 0.15) is 0 Å². The smallest absolute Gasteiger partial charge is 0.485 e. The minimum Gasteiger partial charge on any atom is -0.485 e. The molecule has 2 nitrogen and oxygen atoms in total. The number of benzene rings is 1. The van der Waals surface area contributed by atoms with Crippen molar-refractivity contribution in [2.24, 2.45) is 0 Å². The Morgan fingerprint density at radius 2 is 1.82 bits per heavy atom. The van der Waals surface area contributed by atoms with Gasteiger partial charge in [0.15, 0.2) is 11.5 Å². The molecule has 0 aromatic heterocycles. The van der Waals surface area contributed by atoms with Crippen molar-refractivity contribution in [2.45, 2.75) is 6.36 Å². The molecule has 1 aromatic rings. The van der Waals surface area contributed by atoms with Gasteiger partial charge >= 0.3 is 6.36 Å². The van der Waals surface area contributed by atoms with Crippen LogP contribution < -0.4 is 9.47 Å². The Labute approximate surface area is 102 Å². The fourth-order valence-corrected chi connectivity index (χ4v) is 1.10. The molecule has 0 fully saturated rings. The van der Waals surface area contributed by atoms with Crippen molar-refractivity contribution < 1.29 is 22.6 Å². The molecule has 1 rings (SSSR count). The van der Waals surface area contributed by atoms with Gasteiger partial charge in [-0.15, -0.1) is 13.2 Å². The highest BCUT2D eigenvalue weighted by Gasteiger charge is 2.32. The van der Waals surface area contributed by atoms with Crippen molar-refractivity contribution in [1.82, 2.24) is 0 Å². The maximum absolute atomic E-state index is 12.1. The summed E-state index contributed by atoms with van der Waals surface area (Å²) in [4.78, 5) is 0. The quantitative estimate of drug-likeness (QED) is 0.648. The Kier molecular flexibility index (Phi) is 4.74. The number of thiol groups is 1. The van der Waals surface area contributed by atoms with Crippen molar-refractivity contribution in [1.29, 1.82) is 0 Å². The lowest BCUT2D eigenvalue weighted by atomic mass is 10.3. The lowest BCUT2D eigenvalue weighted by molar-refractivity contribution is -0.275. The van der Waals surface area contributed by atoms with Gasteiger partial charge in [-0.3, -0.25) is 0 Å². The molecule has 0 amide bonds. The van der Waals surface area contributed by atoms with Crippen LogP contribution in [-0.4, -0.2) is 18.7 Å². The Bertz CT molecular complexity index is 391. The van der Waals surface area contributed by atoms with Gasteiger partial charge in [-0.05, 0) is 17.7 Å². The molecule has 1 aromatic carbocycles. The molecule has 0 heterocycles. The van der Waals surface area contributed by atoms with Crippen molar-refractivity contribution in [3.05, 3.63) is 36.4 Å². The molecule has 0 spiro atoms. The van der Waals surface area contributed by atoms with Crippen LogP contribution in [0.5, 0.6) is 11.5 Å². The van der Waals surface area contributed by atoms with Crippen LogP contribution in [0.4, 0.5) is 13.2 Å². The first-order chi connectivity index (χ1) is 7.92. The van der Waals surface area contributed by atoms with E-state index in [0.29, 0.717) is 11.3 Å². The van der Waals surface area contributed by atoms with Crippen molar-refractivity contribution in [3.8, 4) is 11.5 Å². The number of rotatable bonds is 5. The van der Waals surface area contributed by atoms with E-state index in [0.717, 1.165) is 0 Å². The normalized spacial score (nSPS) is 11.1. The Balaban J connectivity index is 2.74. The summed E-state index contributed by atoms with van der Waals surface area (Å²) < 4.78 is 45.2. The van der Waals surface area contributed by atoms with Gasteiger partial charge in [0.1, 0.15) is 6.61 Å². The molecule has 0 aliphatic rings. The molecule has 6 heteroatoms. The maximum atomic E-state index is 12.1. The molecule has 0 aliphatic carbocycles. The van der Waals surface area contributed by atoms with E-state index in [9.17, 15) is 13.2 Å². The highest BCUT2D eigenvalue weighted by molar-refractivity contribution is 7.80. The molecule has 0 atom stereocenters.